The van der Waals surface area contributed by atoms with E-state index in [2.05, 4.69) is 0 Å². The smallest absolute Gasteiger partial charge is 0.338 e. The number of ketones is 1. The Morgan fingerprint density at radius 2 is 0.713 bits per heavy atom. The van der Waals surface area contributed by atoms with Crippen LogP contribution in [0.1, 0.15) is 214 Å². The highest BCUT2D eigenvalue weighted by Crippen LogP contribution is 2.71. The highest BCUT2D eigenvalue weighted by molar-refractivity contribution is 5.96. The Bertz CT molecular complexity index is 5060. The molecular weight excluding hydrogens is 1680 g/mol. The van der Waals surface area contributed by atoms with Gasteiger partial charge in [0.25, 0.3) is 0 Å². The normalized spacial score (nSPS) is 40.8. The van der Waals surface area contributed by atoms with Gasteiger partial charge in [-0.05, 0) is 117 Å². The Balaban J connectivity index is 0.000000165. The van der Waals surface area contributed by atoms with Crippen molar-refractivity contribution >= 4 is 65.5 Å². The Hall–Kier alpha value is -9.23. The minimum atomic E-state index is -2.11. The molecule has 3 aromatic rings. The third-order valence-corrected chi connectivity index (χ3v) is 32.0. The van der Waals surface area contributed by atoms with Crippen molar-refractivity contribution in [3.63, 3.8) is 0 Å². The van der Waals surface area contributed by atoms with Crippen LogP contribution >= 0.6 is 0 Å². The first-order valence-electron chi connectivity index (χ1n) is 43.9. The highest BCUT2D eigenvalue weighted by atomic mass is 16.7. The van der Waals surface area contributed by atoms with Gasteiger partial charge in [0, 0.05) is 114 Å². The van der Waals surface area contributed by atoms with Gasteiger partial charge in [-0.25, -0.2) is 14.4 Å². The van der Waals surface area contributed by atoms with E-state index in [1.165, 1.54) is 60.6 Å². The molecule has 2 heterocycles. The van der Waals surface area contributed by atoms with E-state index in [-0.39, 0.29) is 91.1 Å². The molecule has 704 valence electrons. The first-order valence-corrected chi connectivity index (χ1v) is 43.9. The zero-order valence-electron chi connectivity index (χ0n) is 76.1. The van der Waals surface area contributed by atoms with Crippen LogP contribution < -0.4 is 0 Å². The minimum Gasteiger partial charge on any atom is -0.458 e. The van der Waals surface area contributed by atoms with Gasteiger partial charge in [0.2, 0.25) is 0 Å². The molecule has 10 aliphatic carbocycles. The average Bonchev–Trinajstić information content (AvgIpc) is 0.676. The van der Waals surface area contributed by atoms with Gasteiger partial charge in [0.05, 0.1) is 83.6 Å². The van der Waals surface area contributed by atoms with E-state index in [0.29, 0.717) is 29.6 Å². The van der Waals surface area contributed by atoms with E-state index in [0.717, 1.165) is 6.92 Å². The molecule has 0 spiro atoms. The lowest BCUT2D eigenvalue weighted by Crippen LogP contribution is -2.82. The number of aliphatic hydroxyl groups is 10. The topological polar surface area (TPSA) is 501 Å². The summed E-state index contributed by atoms with van der Waals surface area (Å²) in [5, 5.41) is 122. The average molecular weight is 1800 g/mol. The van der Waals surface area contributed by atoms with Crippen molar-refractivity contribution in [3.8, 4) is 0 Å². The van der Waals surface area contributed by atoms with Crippen molar-refractivity contribution in [2.45, 2.75) is 314 Å². The van der Waals surface area contributed by atoms with Gasteiger partial charge in [0.1, 0.15) is 71.2 Å². The molecular formula is C96H122O33. The fourth-order valence-electron chi connectivity index (χ4n) is 25.1. The minimum absolute atomic E-state index is 0.0496. The number of rotatable bonds is 13. The summed E-state index contributed by atoms with van der Waals surface area (Å²) in [6, 6.07) is 24.4. The second kappa shape index (κ2) is 34.1. The fraction of sp³-hybridized carbons (Fsp3) is 0.635. The number of hydrogen-bond donors (Lipinski definition) is 10. The summed E-state index contributed by atoms with van der Waals surface area (Å²) in [4.78, 5) is 144. The first kappa shape index (κ1) is 97.3. The maximum Gasteiger partial charge on any atom is 0.338 e. The lowest BCUT2D eigenvalue weighted by Gasteiger charge is -2.69. The number of Topliss-reactive ketones (excluding diaryl/α,β-unsaturated/α-hetero) is 1. The van der Waals surface area contributed by atoms with Crippen LogP contribution in [0.3, 0.4) is 0 Å². The van der Waals surface area contributed by atoms with Crippen molar-refractivity contribution in [3.05, 3.63) is 141 Å². The number of fused-ring (bicyclic) bond motifs is 15. The highest BCUT2D eigenvalue weighted by Gasteiger charge is 2.82. The molecule has 12 aliphatic rings. The van der Waals surface area contributed by atoms with Crippen LogP contribution in [0.2, 0.25) is 0 Å². The quantitative estimate of drug-likeness (QED) is 0.0523. The molecule has 0 radical (unpaired) electrons. The number of esters is 10. The second-order valence-corrected chi connectivity index (χ2v) is 39.7. The number of ether oxygens (including phenoxy) is 12. The molecule has 15 rings (SSSR count). The van der Waals surface area contributed by atoms with Gasteiger partial charge < -0.3 is 108 Å². The summed E-state index contributed by atoms with van der Waals surface area (Å²) in [6.45, 7) is 27.5. The Morgan fingerprint density at radius 3 is 1.05 bits per heavy atom. The molecule has 2 saturated heterocycles. The zero-order valence-corrected chi connectivity index (χ0v) is 76.1. The number of aliphatic hydroxyl groups excluding tert-OH is 7. The van der Waals surface area contributed by atoms with E-state index in [4.69, 9.17) is 56.8 Å². The van der Waals surface area contributed by atoms with E-state index < -0.39 is 247 Å². The van der Waals surface area contributed by atoms with Gasteiger partial charge >= 0.3 is 59.7 Å². The summed E-state index contributed by atoms with van der Waals surface area (Å²) < 4.78 is 71.3. The fourth-order valence-corrected chi connectivity index (χ4v) is 25.1. The standard InChI is InChI=1S/C33H42O12.C32H40O10.C31H40O11/c1-16-21(42-17(2)34)14-33(40)28(44-29(39)20-11-9-8-10-12-20)26-31(7,22(37)13-23-32(26,15-41-23)45-19(4)36)27(38)25(43-18(3)35)24(16)30(33,5)6;1-16-21(35)15-32(39)27(41-28(38)19-10-8-7-9-11-19)25-30(6,22(36)14-20-12-13-31(20,25)42-18(3)34)26(37)24(40-17(2)33)23(16)29(32,4)5;1-15-19(34)13-31(38)26(41-27(37)18-10-8-7-9-11-18)24-29(6,20(35)12-21-30(24,14-39-21)42-17(3)33)25(36)23(40-16(2)32)22(15)28(31,4)5/h8-12,21-23,25-28,37-38,40H,13-15H2,1-7H3;7-11,20-22,24-25,27,35-36,39H,12-15H2,1-6H3;7-11,19-21,23-26,34-36,38H,12-14H2,1-6H3/t21-,22-,23+,25+,26-,27-,28-,31+,32-,33+;20-,21+,22+,24-,25+,27+,30-,31+,32-;19-,20-,21+,23+,24-,25-,26-,29+,30-,31+/m010/s1. The summed E-state index contributed by atoms with van der Waals surface area (Å²) in [5.41, 5.74) is -17.7. The largest absolute Gasteiger partial charge is 0.458 e. The monoisotopic (exact) mass is 1800 g/mol. The van der Waals surface area contributed by atoms with Crippen molar-refractivity contribution in [2.24, 2.45) is 56.2 Å². The predicted octanol–water partition coefficient (Wildman–Crippen LogP) is 6.12. The Morgan fingerprint density at radius 1 is 0.380 bits per heavy atom. The molecule has 33 nitrogen and oxygen atoms in total. The molecule has 29 atom stereocenters. The number of benzene rings is 3. The molecule has 33 heteroatoms. The lowest BCUT2D eigenvalue weighted by atomic mass is 9.41. The van der Waals surface area contributed by atoms with Gasteiger partial charge in [-0.2, -0.15) is 0 Å². The van der Waals surface area contributed by atoms with Gasteiger partial charge in [-0.15, -0.1) is 0 Å². The van der Waals surface area contributed by atoms with Crippen molar-refractivity contribution in [1.82, 2.24) is 0 Å². The van der Waals surface area contributed by atoms with Gasteiger partial charge in [0.15, 0.2) is 35.3 Å². The van der Waals surface area contributed by atoms with Crippen LogP contribution in [0.25, 0.3) is 0 Å². The molecule has 0 amide bonds. The third-order valence-electron chi connectivity index (χ3n) is 32.0. The molecule has 7 saturated carbocycles. The molecule has 2 aliphatic heterocycles. The van der Waals surface area contributed by atoms with Gasteiger partial charge in [-0.3, -0.25) is 38.4 Å². The van der Waals surface area contributed by atoms with Crippen LogP contribution in [-0.4, -0.2) is 261 Å². The predicted molar refractivity (Wildman–Crippen MR) is 449 cm³/mol. The molecule has 6 bridgehead atoms. The SMILES string of the molecule is CC(=O)O[C@@H]1C2=C(C)[C@@H](O)C[C@@](O)([C@@H](OC(=O)c3ccccc3)[C@@H]3[C@]4(OC(C)=O)CO[C@@H]4C[C@H](O)[C@@]3(C)[C@H]1O)C2(C)C.CC(=O)O[C@H]1C(=O)[C@@]2(C)[C@H]([C@H](OC(=O)c3ccccc3)[C@]3(O)C[C@H](O)C(C)=C1C3(C)C)[C@]1(OC(C)=O)CC[C@@H]1C[C@@H]2O.CC(=O)O[C@H]1C[C@@]2(O)[C@@H](OC(=O)c3ccccc3)[C@@H]3[C@]4(OC(C)=O)CO[C@@H]4C[C@H](O)[C@@]3(C)[C@@H](O)[C@H](OC(C)=O)C(=C1C)C2(C)C. The Kier molecular flexibility index (Phi) is 25.7. The Labute approximate surface area is 747 Å². The molecule has 0 unspecified atom stereocenters. The van der Waals surface area contributed by atoms with Gasteiger partial charge in [-0.1, -0.05) is 110 Å². The van der Waals surface area contributed by atoms with Crippen LogP contribution in [0, 0.1) is 56.2 Å². The third kappa shape index (κ3) is 15.1. The molecule has 0 aromatic heterocycles. The van der Waals surface area contributed by atoms with E-state index in [1.807, 2.05) is 0 Å². The van der Waals surface area contributed by atoms with Crippen LogP contribution in [-0.2, 0) is 95.2 Å². The summed E-state index contributed by atoms with van der Waals surface area (Å²) in [5.74, 6) is -12.1. The van der Waals surface area contributed by atoms with Crippen LogP contribution in [0.5, 0.6) is 0 Å². The first-order chi connectivity index (χ1) is 59.9. The summed E-state index contributed by atoms with van der Waals surface area (Å²) >= 11 is 0. The van der Waals surface area contributed by atoms with Crippen molar-refractivity contribution in [2.75, 3.05) is 13.2 Å². The summed E-state index contributed by atoms with van der Waals surface area (Å²) in [7, 11) is 0. The molecule has 129 heavy (non-hydrogen) atoms. The van der Waals surface area contributed by atoms with E-state index in [1.54, 1.807) is 155 Å². The van der Waals surface area contributed by atoms with E-state index in [9.17, 15) is 104 Å². The van der Waals surface area contributed by atoms with E-state index >= 15 is 0 Å². The van der Waals surface area contributed by atoms with Crippen LogP contribution in [0.4, 0.5) is 0 Å². The van der Waals surface area contributed by atoms with Crippen molar-refractivity contribution < 1.29 is 161 Å². The zero-order chi connectivity index (χ0) is 95.3. The number of carbonyl (C=O) groups excluding carboxylic acids is 11. The molecule has 3 aromatic carbocycles. The number of carbonyl (C=O) groups is 11. The molecule has 10 N–H and O–H groups in total. The summed E-state index contributed by atoms with van der Waals surface area (Å²) in [6.07, 6.45) is -21.7. The maximum atomic E-state index is 14.8. The maximum absolute atomic E-state index is 14.8. The van der Waals surface area contributed by atoms with Crippen molar-refractivity contribution in [1.29, 1.82) is 0 Å². The number of hydrogen-bond acceptors (Lipinski definition) is 33. The second-order valence-electron chi connectivity index (χ2n) is 39.7. The lowest BCUT2D eigenvalue weighted by molar-refractivity contribution is -0.365. The molecule has 9 fully saturated rings. The van der Waals surface area contributed by atoms with Crippen LogP contribution in [0.15, 0.2) is 124 Å².